The minimum atomic E-state index is -0.275. The van der Waals surface area contributed by atoms with Gasteiger partial charge in [-0.2, -0.15) is 0 Å². The van der Waals surface area contributed by atoms with Crippen molar-refractivity contribution >= 4 is 22.5 Å². The summed E-state index contributed by atoms with van der Waals surface area (Å²) in [5.41, 5.74) is 3.77. The Kier molecular flexibility index (Phi) is 6.18. The molecule has 28 heavy (non-hydrogen) atoms. The van der Waals surface area contributed by atoms with E-state index in [-0.39, 0.29) is 18.2 Å². The van der Waals surface area contributed by atoms with Crippen LogP contribution in [-0.2, 0) is 0 Å². The van der Waals surface area contributed by atoms with Crippen LogP contribution in [0.2, 0.25) is 5.02 Å². The zero-order valence-electron chi connectivity index (χ0n) is 15.1. The Hall–Kier alpha value is -2.62. The third-order valence-electron chi connectivity index (χ3n) is 4.40. The first-order chi connectivity index (χ1) is 13.2. The van der Waals surface area contributed by atoms with Gasteiger partial charge in [0.2, 0.25) is 0 Å². The number of fused-ring (bicyclic) bond motifs is 1. The number of hydrogen-bond donors (Lipinski definition) is 0. The minimum Gasteiger partial charge on any atom is -1.00 e. The average molecular weight is 413 g/mol. The van der Waals surface area contributed by atoms with Gasteiger partial charge in [-0.25, -0.2) is 9.37 Å². The highest BCUT2D eigenvalue weighted by atomic mass is 35.5. The van der Waals surface area contributed by atoms with Gasteiger partial charge in [-0.15, -0.1) is 0 Å². The SMILES string of the molecule is CCOc1ccc(-c2cc(-c3ccccc3F)c3cc(Cl)ccc3n2)cc1.[Cl-]. The van der Waals surface area contributed by atoms with Gasteiger partial charge in [0.15, 0.2) is 0 Å². The molecule has 0 bridgehead atoms. The van der Waals surface area contributed by atoms with E-state index in [4.69, 9.17) is 21.3 Å². The quantitative estimate of drug-likeness (QED) is 0.508. The van der Waals surface area contributed by atoms with E-state index in [1.807, 2.05) is 55.5 Å². The molecule has 0 saturated carbocycles. The van der Waals surface area contributed by atoms with Crippen LogP contribution >= 0.6 is 11.6 Å². The van der Waals surface area contributed by atoms with Gasteiger partial charge in [0.05, 0.1) is 17.8 Å². The molecule has 142 valence electrons. The number of hydrogen-bond acceptors (Lipinski definition) is 2. The molecule has 4 rings (SSSR count). The first-order valence-corrected chi connectivity index (χ1v) is 9.12. The Morgan fingerprint density at radius 3 is 2.39 bits per heavy atom. The van der Waals surface area contributed by atoms with Crippen molar-refractivity contribution in [2.75, 3.05) is 6.61 Å². The lowest BCUT2D eigenvalue weighted by Crippen LogP contribution is -3.00. The van der Waals surface area contributed by atoms with Crippen molar-refractivity contribution in [3.8, 4) is 28.1 Å². The summed E-state index contributed by atoms with van der Waals surface area (Å²) in [7, 11) is 0. The number of rotatable bonds is 4. The third-order valence-corrected chi connectivity index (χ3v) is 4.63. The molecule has 0 fully saturated rings. The van der Waals surface area contributed by atoms with Crippen molar-refractivity contribution in [3.05, 3.63) is 83.6 Å². The number of pyridine rings is 1. The summed E-state index contributed by atoms with van der Waals surface area (Å²) in [6.45, 7) is 2.57. The van der Waals surface area contributed by atoms with Crippen LogP contribution in [0.25, 0.3) is 33.3 Å². The van der Waals surface area contributed by atoms with Crippen LogP contribution in [0.3, 0.4) is 0 Å². The van der Waals surface area contributed by atoms with Crippen LogP contribution < -0.4 is 17.1 Å². The smallest absolute Gasteiger partial charge is 0.131 e. The van der Waals surface area contributed by atoms with Crippen LogP contribution in [0.5, 0.6) is 5.75 Å². The van der Waals surface area contributed by atoms with Crippen molar-refractivity contribution in [3.63, 3.8) is 0 Å². The number of nitrogens with zero attached hydrogens (tertiary/aromatic N) is 1. The fourth-order valence-corrected chi connectivity index (χ4v) is 3.31. The molecule has 5 heteroatoms. The molecule has 1 aromatic heterocycles. The molecule has 2 nitrogen and oxygen atoms in total. The molecule has 0 amide bonds. The highest BCUT2D eigenvalue weighted by Gasteiger charge is 2.13. The van der Waals surface area contributed by atoms with Gasteiger partial charge >= 0.3 is 0 Å². The fourth-order valence-electron chi connectivity index (χ4n) is 3.14. The molecule has 0 unspecified atom stereocenters. The topological polar surface area (TPSA) is 22.1 Å². The van der Waals surface area contributed by atoms with E-state index in [2.05, 4.69) is 0 Å². The normalized spacial score (nSPS) is 10.5. The summed E-state index contributed by atoms with van der Waals surface area (Å²) in [5.74, 6) is 0.533. The molecule has 0 aliphatic heterocycles. The Labute approximate surface area is 174 Å². The second-order valence-corrected chi connectivity index (χ2v) is 6.59. The maximum absolute atomic E-state index is 14.5. The van der Waals surface area contributed by atoms with Crippen LogP contribution in [0.4, 0.5) is 4.39 Å². The molecule has 0 aliphatic carbocycles. The molecule has 0 spiro atoms. The standard InChI is InChI=1S/C23H17ClFNO.ClH/c1-2-27-17-10-7-15(8-11-17)23-14-19(18-5-3-4-6-21(18)25)20-13-16(24)9-12-22(20)26-23;/h3-14H,2H2,1H3;1H/p-1. The highest BCUT2D eigenvalue weighted by molar-refractivity contribution is 6.31. The first kappa shape index (κ1) is 20.1. The predicted octanol–water partition coefficient (Wildman–Crippen LogP) is 3.76. The van der Waals surface area contributed by atoms with Crippen LogP contribution in [0.1, 0.15) is 6.92 Å². The molecule has 0 radical (unpaired) electrons. The van der Waals surface area contributed by atoms with E-state index < -0.39 is 0 Å². The third kappa shape index (κ3) is 3.96. The number of ether oxygens (including phenoxy) is 1. The Morgan fingerprint density at radius 1 is 0.929 bits per heavy atom. The van der Waals surface area contributed by atoms with Gasteiger partial charge in [0, 0.05) is 21.5 Å². The maximum Gasteiger partial charge on any atom is 0.131 e. The molecule has 0 saturated heterocycles. The highest BCUT2D eigenvalue weighted by Crippen LogP contribution is 2.35. The second kappa shape index (κ2) is 8.59. The van der Waals surface area contributed by atoms with Crippen LogP contribution in [0.15, 0.2) is 72.8 Å². The molecular weight excluding hydrogens is 396 g/mol. The fraction of sp³-hybridized carbons (Fsp3) is 0.0870. The van der Waals surface area contributed by atoms with Crippen molar-refractivity contribution < 1.29 is 21.5 Å². The van der Waals surface area contributed by atoms with E-state index in [1.165, 1.54) is 6.07 Å². The zero-order chi connectivity index (χ0) is 18.8. The van der Waals surface area contributed by atoms with Gasteiger partial charge in [-0.1, -0.05) is 29.8 Å². The Balaban J connectivity index is 0.00000225. The zero-order valence-corrected chi connectivity index (χ0v) is 16.6. The molecule has 0 atom stereocenters. The number of halogens is 3. The Morgan fingerprint density at radius 2 is 1.68 bits per heavy atom. The van der Waals surface area contributed by atoms with E-state index in [0.717, 1.165) is 33.5 Å². The summed E-state index contributed by atoms with van der Waals surface area (Å²) in [6.07, 6.45) is 0. The summed E-state index contributed by atoms with van der Waals surface area (Å²) >= 11 is 6.19. The van der Waals surface area contributed by atoms with E-state index in [9.17, 15) is 4.39 Å². The summed E-state index contributed by atoms with van der Waals surface area (Å²) in [5, 5.41) is 1.41. The van der Waals surface area contributed by atoms with Crippen molar-refractivity contribution in [2.24, 2.45) is 0 Å². The summed E-state index contributed by atoms with van der Waals surface area (Å²) in [6, 6.07) is 21.9. The monoisotopic (exact) mass is 412 g/mol. The lowest BCUT2D eigenvalue weighted by Gasteiger charge is -2.12. The van der Waals surface area contributed by atoms with Crippen molar-refractivity contribution in [1.29, 1.82) is 0 Å². The summed E-state index contributed by atoms with van der Waals surface area (Å²) in [4.78, 5) is 4.76. The number of benzene rings is 3. The minimum absolute atomic E-state index is 0. The average Bonchev–Trinajstić information content (AvgIpc) is 2.69. The van der Waals surface area contributed by atoms with Gasteiger partial charge in [0.25, 0.3) is 0 Å². The Bertz CT molecular complexity index is 1110. The van der Waals surface area contributed by atoms with Gasteiger partial charge in [-0.05, 0) is 67.1 Å². The molecule has 3 aromatic carbocycles. The van der Waals surface area contributed by atoms with Crippen LogP contribution in [0, 0.1) is 5.82 Å². The van der Waals surface area contributed by atoms with E-state index in [1.54, 1.807) is 18.2 Å². The predicted molar refractivity (Wildman–Crippen MR) is 109 cm³/mol. The maximum atomic E-state index is 14.5. The second-order valence-electron chi connectivity index (χ2n) is 6.15. The molecular formula is C23H17Cl2FNO-. The molecule has 1 heterocycles. The summed E-state index contributed by atoms with van der Waals surface area (Å²) < 4.78 is 20.0. The van der Waals surface area contributed by atoms with Crippen molar-refractivity contribution in [2.45, 2.75) is 6.92 Å². The van der Waals surface area contributed by atoms with Crippen LogP contribution in [-0.4, -0.2) is 11.6 Å². The lowest BCUT2D eigenvalue weighted by molar-refractivity contribution is -0.00000637. The first-order valence-electron chi connectivity index (χ1n) is 8.74. The van der Waals surface area contributed by atoms with Crippen molar-refractivity contribution in [1.82, 2.24) is 4.98 Å². The van der Waals surface area contributed by atoms with E-state index in [0.29, 0.717) is 17.2 Å². The van der Waals surface area contributed by atoms with Gasteiger partial charge in [0.1, 0.15) is 11.6 Å². The molecule has 0 N–H and O–H groups in total. The number of aromatic nitrogens is 1. The lowest BCUT2D eigenvalue weighted by atomic mass is 9.98. The largest absolute Gasteiger partial charge is 1.00 e. The van der Waals surface area contributed by atoms with Gasteiger partial charge in [-0.3, -0.25) is 0 Å². The van der Waals surface area contributed by atoms with E-state index >= 15 is 0 Å². The molecule has 0 aliphatic rings. The van der Waals surface area contributed by atoms with Gasteiger partial charge < -0.3 is 17.1 Å². The molecule has 4 aromatic rings.